The molecule has 0 aliphatic carbocycles. The van der Waals surface area contributed by atoms with Gasteiger partial charge in [0.2, 0.25) is 11.7 Å². The SMILES string of the molecule is Cc1cccc(NC(=S)NCCNC(=O)Cn2nnc(-c3ccccc3Oc3ccc4ccccc4c3)n2)c1. The zero-order valence-corrected chi connectivity index (χ0v) is 22.1. The molecule has 0 saturated carbocycles. The fourth-order valence-electron chi connectivity index (χ4n) is 3.98. The van der Waals surface area contributed by atoms with Gasteiger partial charge in [-0.2, -0.15) is 4.80 Å². The van der Waals surface area contributed by atoms with Gasteiger partial charge in [0.1, 0.15) is 18.0 Å². The first-order valence-corrected chi connectivity index (χ1v) is 12.9. The van der Waals surface area contributed by atoms with E-state index in [1.54, 1.807) is 0 Å². The Hall–Kier alpha value is -4.83. The number of rotatable bonds is 9. The number of hydrogen-bond acceptors (Lipinski definition) is 6. The van der Waals surface area contributed by atoms with Gasteiger partial charge in [0.15, 0.2) is 5.11 Å². The summed E-state index contributed by atoms with van der Waals surface area (Å²) in [6, 6.07) is 29.4. The summed E-state index contributed by atoms with van der Waals surface area (Å²) >= 11 is 5.31. The lowest BCUT2D eigenvalue weighted by Crippen LogP contribution is -2.38. The number of hydrogen-bond donors (Lipinski definition) is 3. The third-order valence-corrected chi connectivity index (χ3v) is 6.07. The molecule has 10 heteroatoms. The van der Waals surface area contributed by atoms with E-state index in [4.69, 9.17) is 17.0 Å². The van der Waals surface area contributed by atoms with Crippen LogP contribution in [-0.2, 0) is 11.3 Å². The van der Waals surface area contributed by atoms with Crippen molar-refractivity contribution >= 4 is 39.7 Å². The lowest BCUT2D eigenvalue weighted by atomic mass is 10.1. The Morgan fingerprint density at radius 1 is 0.897 bits per heavy atom. The predicted molar refractivity (Wildman–Crippen MR) is 156 cm³/mol. The second kappa shape index (κ2) is 12.1. The number of thiocarbonyl (C=S) groups is 1. The van der Waals surface area contributed by atoms with Crippen LogP contribution in [0, 0.1) is 6.92 Å². The zero-order valence-electron chi connectivity index (χ0n) is 21.3. The fourth-order valence-corrected chi connectivity index (χ4v) is 4.20. The number of tetrazole rings is 1. The number of amides is 1. The van der Waals surface area contributed by atoms with Crippen molar-refractivity contribution in [1.82, 2.24) is 30.8 Å². The molecule has 4 aromatic carbocycles. The summed E-state index contributed by atoms with van der Waals surface area (Å²) in [4.78, 5) is 13.7. The first-order chi connectivity index (χ1) is 19.0. The topological polar surface area (TPSA) is 106 Å². The molecule has 1 heterocycles. The van der Waals surface area contributed by atoms with Crippen LogP contribution in [-0.4, -0.2) is 44.3 Å². The molecule has 0 spiro atoms. The number of ether oxygens (including phenoxy) is 1. The number of carbonyl (C=O) groups is 1. The largest absolute Gasteiger partial charge is 0.457 e. The number of fused-ring (bicyclic) bond motifs is 1. The lowest BCUT2D eigenvalue weighted by Gasteiger charge is -2.11. The molecule has 5 aromatic rings. The second-order valence-electron chi connectivity index (χ2n) is 8.85. The van der Waals surface area contributed by atoms with E-state index in [1.165, 1.54) is 4.80 Å². The van der Waals surface area contributed by atoms with Crippen LogP contribution in [0.5, 0.6) is 11.5 Å². The standard InChI is InChI=1S/C29H27N7O2S/c1-20-7-6-10-23(17-20)32-29(39)31-16-15-30-27(37)19-36-34-28(33-35-36)25-11-4-5-12-26(25)38-24-14-13-21-8-2-3-9-22(21)18-24/h2-14,17-18H,15-16,19H2,1H3,(H,30,37)(H2,31,32,39). The van der Waals surface area contributed by atoms with Crippen LogP contribution >= 0.6 is 12.2 Å². The summed E-state index contributed by atoms with van der Waals surface area (Å²) in [5.41, 5.74) is 2.73. The normalized spacial score (nSPS) is 10.7. The molecule has 0 unspecified atom stereocenters. The minimum atomic E-state index is -0.237. The van der Waals surface area contributed by atoms with Gasteiger partial charge in [-0.25, -0.2) is 0 Å². The number of aromatic nitrogens is 4. The summed E-state index contributed by atoms with van der Waals surface area (Å²) in [7, 11) is 0. The summed E-state index contributed by atoms with van der Waals surface area (Å²) in [6.07, 6.45) is 0. The molecule has 1 amide bonds. The molecule has 39 heavy (non-hydrogen) atoms. The maximum Gasteiger partial charge on any atom is 0.243 e. The van der Waals surface area contributed by atoms with Gasteiger partial charge in [0, 0.05) is 18.8 Å². The molecule has 0 bridgehead atoms. The molecule has 3 N–H and O–H groups in total. The highest BCUT2D eigenvalue weighted by atomic mass is 32.1. The van der Waals surface area contributed by atoms with Gasteiger partial charge in [-0.3, -0.25) is 4.79 Å². The highest BCUT2D eigenvalue weighted by molar-refractivity contribution is 7.80. The maximum atomic E-state index is 12.4. The minimum absolute atomic E-state index is 0.0628. The molecule has 0 atom stereocenters. The van der Waals surface area contributed by atoms with Crippen molar-refractivity contribution in [3.05, 3.63) is 96.6 Å². The van der Waals surface area contributed by atoms with E-state index in [1.807, 2.05) is 91.9 Å². The fraction of sp³-hybridized carbons (Fsp3) is 0.138. The Balaban J connectivity index is 1.13. The maximum absolute atomic E-state index is 12.4. The summed E-state index contributed by atoms with van der Waals surface area (Å²) < 4.78 is 6.17. The Kier molecular flexibility index (Phi) is 8.03. The number of nitrogens with one attached hydrogen (secondary N) is 3. The van der Waals surface area contributed by atoms with Gasteiger partial charge in [0.05, 0.1) is 5.56 Å². The molecule has 5 rings (SSSR count). The lowest BCUT2D eigenvalue weighted by molar-refractivity contribution is -0.122. The Morgan fingerprint density at radius 3 is 2.56 bits per heavy atom. The summed E-state index contributed by atoms with van der Waals surface area (Å²) in [5.74, 6) is 1.43. The smallest absolute Gasteiger partial charge is 0.243 e. The first kappa shape index (κ1) is 25.8. The van der Waals surface area contributed by atoms with Crippen LogP contribution in [0.3, 0.4) is 0 Å². The van der Waals surface area contributed by atoms with Crippen LogP contribution < -0.4 is 20.7 Å². The van der Waals surface area contributed by atoms with Crippen molar-refractivity contribution in [2.75, 3.05) is 18.4 Å². The average molecular weight is 538 g/mol. The minimum Gasteiger partial charge on any atom is -0.457 e. The predicted octanol–water partition coefficient (Wildman–Crippen LogP) is 4.70. The number of benzene rings is 4. The highest BCUT2D eigenvalue weighted by Gasteiger charge is 2.14. The van der Waals surface area contributed by atoms with Crippen molar-refractivity contribution in [2.24, 2.45) is 0 Å². The van der Waals surface area contributed by atoms with E-state index < -0.39 is 0 Å². The van der Waals surface area contributed by atoms with Crippen molar-refractivity contribution < 1.29 is 9.53 Å². The van der Waals surface area contributed by atoms with Crippen molar-refractivity contribution in [3.8, 4) is 22.9 Å². The van der Waals surface area contributed by atoms with Crippen LogP contribution in [0.1, 0.15) is 5.56 Å². The molecular weight excluding hydrogens is 510 g/mol. The number of carbonyl (C=O) groups excluding carboxylic acids is 1. The van der Waals surface area contributed by atoms with E-state index in [0.717, 1.165) is 22.0 Å². The molecule has 0 aliphatic heterocycles. The van der Waals surface area contributed by atoms with Crippen LogP contribution in [0.2, 0.25) is 0 Å². The molecule has 9 nitrogen and oxygen atoms in total. The van der Waals surface area contributed by atoms with Crippen molar-refractivity contribution in [1.29, 1.82) is 0 Å². The summed E-state index contributed by atoms with van der Waals surface area (Å²) in [6.45, 7) is 2.81. The molecule has 1 aromatic heterocycles. The number of aryl methyl sites for hydroxylation is 1. The molecule has 196 valence electrons. The van der Waals surface area contributed by atoms with E-state index in [9.17, 15) is 4.79 Å². The zero-order chi connectivity index (χ0) is 27.0. The van der Waals surface area contributed by atoms with E-state index in [2.05, 4.69) is 37.4 Å². The van der Waals surface area contributed by atoms with Gasteiger partial charge >= 0.3 is 0 Å². The monoisotopic (exact) mass is 537 g/mol. The molecule has 0 saturated heterocycles. The second-order valence-corrected chi connectivity index (χ2v) is 9.26. The van der Waals surface area contributed by atoms with Crippen LogP contribution in [0.4, 0.5) is 5.69 Å². The third-order valence-electron chi connectivity index (χ3n) is 5.82. The third kappa shape index (κ3) is 6.93. The molecule has 0 aliphatic rings. The van der Waals surface area contributed by atoms with E-state index in [-0.39, 0.29) is 12.5 Å². The number of nitrogens with zero attached hydrogens (tertiary/aromatic N) is 4. The molecular formula is C29H27N7O2S. The quantitative estimate of drug-likeness (QED) is 0.184. The average Bonchev–Trinajstić information content (AvgIpc) is 3.39. The molecule has 0 fully saturated rings. The Morgan fingerprint density at radius 2 is 1.69 bits per heavy atom. The van der Waals surface area contributed by atoms with Gasteiger partial charge in [-0.05, 0) is 77.1 Å². The Bertz CT molecular complexity index is 1620. The van der Waals surface area contributed by atoms with E-state index >= 15 is 0 Å². The Labute approximate surface area is 231 Å². The molecule has 0 radical (unpaired) electrons. The van der Waals surface area contributed by atoms with Gasteiger partial charge in [-0.1, -0.05) is 54.6 Å². The van der Waals surface area contributed by atoms with Gasteiger partial charge < -0.3 is 20.7 Å². The highest BCUT2D eigenvalue weighted by Crippen LogP contribution is 2.32. The summed E-state index contributed by atoms with van der Waals surface area (Å²) in [5, 5.41) is 24.3. The number of anilines is 1. The van der Waals surface area contributed by atoms with Gasteiger partial charge in [0.25, 0.3) is 0 Å². The van der Waals surface area contributed by atoms with Crippen LogP contribution in [0.15, 0.2) is 91.0 Å². The first-order valence-electron chi connectivity index (χ1n) is 12.5. The van der Waals surface area contributed by atoms with Gasteiger partial charge in [-0.15, -0.1) is 10.2 Å². The van der Waals surface area contributed by atoms with Crippen molar-refractivity contribution in [2.45, 2.75) is 13.5 Å². The van der Waals surface area contributed by atoms with Crippen molar-refractivity contribution in [3.63, 3.8) is 0 Å². The van der Waals surface area contributed by atoms with E-state index in [0.29, 0.717) is 41.1 Å². The number of para-hydroxylation sites is 1. The van der Waals surface area contributed by atoms with Crippen LogP contribution in [0.25, 0.3) is 22.2 Å².